The Morgan fingerprint density at radius 3 is 2.67 bits per heavy atom. The Bertz CT molecular complexity index is 528. The molecule has 0 aliphatic rings. The molecule has 0 saturated carbocycles. The van der Waals surface area contributed by atoms with Gasteiger partial charge < -0.3 is 10.7 Å². The number of pyridine rings is 1. The second kappa shape index (κ2) is 5.79. The highest BCUT2D eigenvalue weighted by Crippen LogP contribution is 2.09. The van der Waals surface area contributed by atoms with Gasteiger partial charge in [-0.3, -0.25) is 4.79 Å². The van der Waals surface area contributed by atoms with E-state index in [0.29, 0.717) is 17.9 Å². The number of hydrazine groups is 1. The van der Waals surface area contributed by atoms with E-state index in [1.54, 1.807) is 18.3 Å². The molecule has 1 heterocycles. The summed E-state index contributed by atoms with van der Waals surface area (Å²) in [6, 6.07) is 13.1. The van der Waals surface area contributed by atoms with Crippen LogP contribution in [0.3, 0.4) is 0 Å². The zero-order valence-electron chi connectivity index (χ0n) is 9.76. The Balaban J connectivity index is 2.04. The third kappa shape index (κ3) is 2.83. The summed E-state index contributed by atoms with van der Waals surface area (Å²) in [4.78, 5) is 15.9. The zero-order valence-corrected chi connectivity index (χ0v) is 9.76. The number of nitrogens with one attached hydrogen (secondary N) is 2. The molecule has 1 amide bonds. The standard InChI is InChI=1S/C13H14N4O/c14-17-12-11(7-4-8-15-12)13(18)16-9-10-5-2-1-3-6-10/h1-8H,9,14H2,(H,15,17)(H,16,18). The summed E-state index contributed by atoms with van der Waals surface area (Å²) >= 11 is 0. The first-order valence-corrected chi connectivity index (χ1v) is 5.55. The van der Waals surface area contributed by atoms with Crippen molar-refractivity contribution in [3.05, 3.63) is 59.8 Å². The van der Waals surface area contributed by atoms with Crippen molar-refractivity contribution >= 4 is 11.7 Å². The summed E-state index contributed by atoms with van der Waals surface area (Å²) in [6.45, 7) is 0.471. The lowest BCUT2D eigenvalue weighted by molar-refractivity contribution is 0.0951. The highest BCUT2D eigenvalue weighted by molar-refractivity contribution is 5.98. The molecule has 0 spiro atoms. The van der Waals surface area contributed by atoms with Crippen molar-refractivity contribution in [2.24, 2.45) is 5.84 Å². The molecular weight excluding hydrogens is 228 g/mol. The van der Waals surface area contributed by atoms with Crippen molar-refractivity contribution in [3.8, 4) is 0 Å². The van der Waals surface area contributed by atoms with Crippen LogP contribution in [0, 0.1) is 0 Å². The van der Waals surface area contributed by atoms with Gasteiger partial charge >= 0.3 is 0 Å². The Morgan fingerprint density at radius 2 is 1.94 bits per heavy atom. The highest BCUT2D eigenvalue weighted by atomic mass is 16.1. The van der Waals surface area contributed by atoms with Crippen molar-refractivity contribution in [1.82, 2.24) is 10.3 Å². The number of rotatable bonds is 4. The number of amides is 1. The van der Waals surface area contributed by atoms with Gasteiger partial charge in [0.15, 0.2) is 5.82 Å². The maximum atomic E-state index is 12.0. The number of benzene rings is 1. The second-order valence-corrected chi connectivity index (χ2v) is 3.71. The molecule has 0 bridgehead atoms. The highest BCUT2D eigenvalue weighted by Gasteiger charge is 2.10. The smallest absolute Gasteiger partial charge is 0.255 e. The molecular formula is C13H14N4O. The molecule has 0 radical (unpaired) electrons. The maximum absolute atomic E-state index is 12.0. The lowest BCUT2D eigenvalue weighted by Gasteiger charge is -2.08. The Morgan fingerprint density at radius 1 is 1.17 bits per heavy atom. The van der Waals surface area contributed by atoms with Crippen LogP contribution in [-0.2, 0) is 6.54 Å². The second-order valence-electron chi connectivity index (χ2n) is 3.71. The fraction of sp³-hybridized carbons (Fsp3) is 0.0769. The van der Waals surface area contributed by atoms with Crippen LogP contribution in [-0.4, -0.2) is 10.9 Å². The number of nitrogens with two attached hydrogens (primary N) is 1. The van der Waals surface area contributed by atoms with E-state index in [-0.39, 0.29) is 5.91 Å². The van der Waals surface area contributed by atoms with Crippen molar-refractivity contribution in [2.45, 2.75) is 6.54 Å². The van der Waals surface area contributed by atoms with Crippen LogP contribution >= 0.6 is 0 Å². The van der Waals surface area contributed by atoms with Crippen LogP contribution in [0.2, 0.25) is 0 Å². The van der Waals surface area contributed by atoms with Crippen LogP contribution in [0.25, 0.3) is 0 Å². The molecule has 5 heteroatoms. The summed E-state index contributed by atoms with van der Waals surface area (Å²) in [6.07, 6.45) is 1.57. The quantitative estimate of drug-likeness (QED) is 0.557. The van der Waals surface area contributed by atoms with Crippen molar-refractivity contribution in [3.63, 3.8) is 0 Å². The summed E-state index contributed by atoms with van der Waals surface area (Å²) in [5, 5.41) is 2.82. The summed E-state index contributed by atoms with van der Waals surface area (Å²) in [5.74, 6) is 5.46. The van der Waals surface area contributed by atoms with Gasteiger partial charge in [-0.2, -0.15) is 0 Å². The first-order chi connectivity index (χ1) is 8.81. The Hall–Kier alpha value is -2.40. The van der Waals surface area contributed by atoms with Crippen molar-refractivity contribution in [1.29, 1.82) is 0 Å². The molecule has 1 aromatic carbocycles. The predicted octanol–water partition coefficient (Wildman–Crippen LogP) is 1.30. The number of nitrogen functional groups attached to an aromatic ring is 1. The third-order valence-corrected chi connectivity index (χ3v) is 2.48. The molecule has 2 aromatic rings. The molecule has 2 rings (SSSR count). The van der Waals surface area contributed by atoms with E-state index in [2.05, 4.69) is 15.7 Å². The third-order valence-electron chi connectivity index (χ3n) is 2.48. The number of anilines is 1. The number of aromatic nitrogens is 1. The van der Waals surface area contributed by atoms with Gasteiger partial charge in [0, 0.05) is 12.7 Å². The Labute approximate surface area is 105 Å². The number of carbonyl (C=O) groups excluding carboxylic acids is 1. The lowest BCUT2D eigenvalue weighted by atomic mass is 10.2. The number of nitrogens with zero attached hydrogens (tertiary/aromatic N) is 1. The van der Waals surface area contributed by atoms with Gasteiger partial charge in [0.1, 0.15) is 0 Å². The van der Waals surface area contributed by atoms with Gasteiger partial charge in [-0.25, -0.2) is 10.8 Å². The molecule has 5 nitrogen and oxygen atoms in total. The summed E-state index contributed by atoms with van der Waals surface area (Å²) in [7, 11) is 0. The summed E-state index contributed by atoms with van der Waals surface area (Å²) < 4.78 is 0. The minimum Gasteiger partial charge on any atom is -0.348 e. The predicted molar refractivity (Wildman–Crippen MR) is 69.7 cm³/mol. The van der Waals surface area contributed by atoms with E-state index in [1.165, 1.54) is 0 Å². The van der Waals surface area contributed by atoms with Crippen LogP contribution in [0.1, 0.15) is 15.9 Å². The molecule has 92 valence electrons. The Kier molecular flexibility index (Phi) is 3.88. The topological polar surface area (TPSA) is 80.0 Å². The minimum atomic E-state index is -0.208. The van der Waals surface area contributed by atoms with E-state index < -0.39 is 0 Å². The average Bonchev–Trinajstić information content (AvgIpc) is 2.45. The molecule has 0 aliphatic carbocycles. The SMILES string of the molecule is NNc1ncccc1C(=O)NCc1ccccc1. The number of hydrogen-bond donors (Lipinski definition) is 3. The molecule has 0 atom stereocenters. The van der Waals surface area contributed by atoms with Crippen LogP contribution < -0.4 is 16.6 Å². The largest absolute Gasteiger partial charge is 0.348 e. The van der Waals surface area contributed by atoms with E-state index in [0.717, 1.165) is 5.56 Å². The molecule has 4 N–H and O–H groups in total. The first kappa shape index (κ1) is 12.1. The van der Waals surface area contributed by atoms with Gasteiger partial charge in [0.2, 0.25) is 0 Å². The van der Waals surface area contributed by atoms with E-state index in [1.807, 2.05) is 30.3 Å². The van der Waals surface area contributed by atoms with Gasteiger partial charge in [0.25, 0.3) is 5.91 Å². The molecule has 1 aromatic heterocycles. The molecule has 0 unspecified atom stereocenters. The lowest BCUT2D eigenvalue weighted by Crippen LogP contribution is -2.25. The number of hydrogen-bond acceptors (Lipinski definition) is 4. The van der Waals surface area contributed by atoms with Gasteiger partial charge in [-0.05, 0) is 17.7 Å². The van der Waals surface area contributed by atoms with E-state index >= 15 is 0 Å². The van der Waals surface area contributed by atoms with Crippen LogP contribution in [0.15, 0.2) is 48.7 Å². The van der Waals surface area contributed by atoms with Crippen molar-refractivity contribution in [2.75, 3.05) is 5.43 Å². The fourth-order valence-corrected chi connectivity index (χ4v) is 1.58. The molecule has 18 heavy (non-hydrogen) atoms. The summed E-state index contributed by atoms with van der Waals surface area (Å²) in [5.41, 5.74) is 3.87. The van der Waals surface area contributed by atoms with Gasteiger partial charge in [-0.15, -0.1) is 0 Å². The first-order valence-electron chi connectivity index (χ1n) is 5.55. The maximum Gasteiger partial charge on any atom is 0.255 e. The van der Waals surface area contributed by atoms with Gasteiger partial charge in [0.05, 0.1) is 5.56 Å². The number of carbonyl (C=O) groups is 1. The minimum absolute atomic E-state index is 0.208. The van der Waals surface area contributed by atoms with Crippen LogP contribution in [0.4, 0.5) is 5.82 Å². The van der Waals surface area contributed by atoms with Crippen molar-refractivity contribution < 1.29 is 4.79 Å². The van der Waals surface area contributed by atoms with Gasteiger partial charge in [-0.1, -0.05) is 30.3 Å². The van der Waals surface area contributed by atoms with Crippen LogP contribution in [0.5, 0.6) is 0 Å². The monoisotopic (exact) mass is 242 g/mol. The molecule has 0 aliphatic heterocycles. The van der Waals surface area contributed by atoms with E-state index in [4.69, 9.17) is 5.84 Å². The molecule has 0 fully saturated rings. The average molecular weight is 242 g/mol. The normalized spacial score (nSPS) is 9.83. The fourth-order valence-electron chi connectivity index (χ4n) is 1.58. The van der Waals surface area contributed by atoms with E-state index in [9.17, 15) is 4.79 Å². The zero-order chi connectivity index (χ0) is 12.8. The molecule has 0 saturated heterocycles.